The minimum absolute atomic E-state index is 0.0298. The summed E-state index contributed by atoms with van der Waals surface area (Å²) in [6, 6.07) is 6.45. The number of hydrogen-bond acceptors (Lipinski definition) is 4. The topological polar surface area (TPSA) is 64.6 Å². The van der Waals surface area contributed by atoms with Crippen LogP contribution in [0.3, 0.4) is 0 Å². The molecule has 0 saturated heterocycles. The predicted molar refractivity (Wildman–Crippen MR) is 145 cm³/mol. The molecule has 33 heavy (non-hydrogen) atoms. The van der Waals surface area contributed by atoms with Gasteiger partial charge in [0.15, 0.2) is 0 Å². The van der Waals surface area contributed by atoms with Gasteiger partial charge in [-0.05, 0) is 79.5 Å². The van der Waals surface area contributed by atoms with Crippen LogP contribution in [0.5, 0.6) is 11.5 Å². The monoisotopic (exact) mass is 513 g/mol. The lowest BCUT2D eigenvalue weighted by molar-refractivity contribution is 0.367. The van der Waals surface area contributed by atoms with Crippen molar-refractivity contribution in [3.8, 4) is 11.5 Å². The molecule has 1 aromatic rings. The van der Waals surface area contributed by atoms with Crippen LogP contribution in [0.2, 0.25) is 36.3 Å². The van der Waals surface area contributed by atoms with Gasteiger partial charge in [-0.2, -0.15) is 0 Å². The smallest absolute Gasteiger partial charge is 0.250 e. The minimum Gasteiger partial charge on any atom is -0.543 e. The lowest BCUT2D eigenvalue weighted by Crippen LogP contribution is -2.44. The van der Waals surface area contributed by atoms with E-state index in [1.54, 1.807) is 0 Å². The molecule has 1 aliphatic carbocycles. The van der Waals surface area contributed by atoms with Crippen LogP contribution < -0.4 is 13.6 Å². The first-order chi connectivity index (χ1) is 14.7. The van der Waals surface area contributed by atoms with Gasteiger partial charge in [-0.3, -0.25) is 0 Å². The lowest BCUT2D eigenvalue weighted by Gasteiger charge is -2.39. The third-order valence-electron chi connectivity index (χ3n) is 7.88. The summed E-state index contributed by atoms with van der Waals surface area (Å²) in [5, 5.41) is 0.217. The lowest BCUT2D eigenvalue weighted by atomic mass is 9.81. The fourth-order valence-corrected chi connectivity index (χ4v) is 6.60. The Morgan fingerprint density at radius 1 is 0.848 bits per heavy atom. The Hall–Kier alpha value is -0.836. The molecule has 0 unspecified atom stereocenters. The van der Waals surface area contributed by atoms with E-state index in [-0.39, 0.29) is 16.1 Å². The first-order valence-corrected chi connectivity index (χ1v) is 19.9. The SMILES string of the molecule is CC(C)(C)[Si](C)(C)Oc1ccc(C2CCC(NS(C)(=O)=O)CC2)c(O[Si](C)(C)C(C)(C)C)c1. The van der Waals surface area contributed by atoms with Crippen LogP contribution >= 0.6 is 0 Å². The molecule has 8 heteroatoms. The molecule has 0 amide bonds. The molecule has 1 fully saturated rings. The maximum atomic E-state index is 11.6. The third kappa shape index (κ3) is 7.57. The van der Waals surface area contributed by atoms with Crippen molar-refractivity contribution in [2.24, 2.45) is 0 Å². The highest BCUT2D eigenvalue weighted by Crippen LogP contribution is 2.45. The maximum absolute atomic E-state index is 11.6. The van der Waals surface area contributed by atoms with Crippen molar-refractivity contribution in [2.45, 2.75) is 115 Å². The Labute approximate surface area is 205 Å². The summed E-state index contributed by atoms with van der Waals surface area (Å²) in [5.41, 5.74) is 1.24. The average molecular weight is 514 g/mol. The highest BCUT2D eigenvalue weighted by Gasteiger charge is 2.41. The van der Waals surface area contributed by atoms with Crippen LogP contribution in [0, 0.1) is 0 Å². The molecule has 1 N–H and O–H groups in total. The zero-order chi connectivity index (χ0) is 25.5. The molecule has 190 valence electrons. The van der Waals surface area contributed by atoms with E-state index < -0.39 is 26.7 Å². The molecule has 0 aliphatic heterocycles. The normalized spacial score (nSPS) is 21.1. The van der Waals surface area contributed by atoms with Crippen molar-refractivity contribution in [2.75, 3.05) is 6.26 Å². The standard InChI is InChI=1S/C25H47NO4SSi2/c1-24(2,3)32(8,9)29-21-16-17-22(23(18-21)30-33(10,11)25(4,5)6)19-12-14-20(15-13-19)26-31(7,27)28/h16-20,26H,12-15H2,1-11H3. The Morgan fingerprint density at radius 2 is 1.33 bits per heavy atom. The molecule has 2 rings (SSSR count). The molecular weight excluding hydrogens is 467 g/mol. The van der Waals surface area contributed by atoms with E-state index in [2.05, 4.69) is 90.7 Å². The second-order valence-corrected chi connectivity index (χ2v) is 24.1. The summed E-state index contributed by atoms with van der Waals surface area (Å²) in [6.07, 6.45) is 4.83. The van der Waals surface area contributed by atoms with Crippen molar-refractivity contribution < 1.29 is 17.3 Å². The molecule has 0 spiro atoms. The van der Waals surface area contributed by atoms with Gasteiger partial charge in [-0.25, -0.2) is 13.1 Å². The number of rotatable bonds is 7. The van der Waals surface area contributed by atoms with E-state index in [1.165, 1.54) is 11.8 Å². The Bertz CT molecular complexity index is 923. The molecule has 0 aromatic heterocycles. The highest BCUT2D eigenvalue weighted by atomic mass is 32.2. The second-order valence-electron chi connectivity index (χ2n) is 12.9. The molecule has 0 heterocycles. The zero-order valence-corrected chi connectivity index (χ0v) is 25.6. The van der Waals surface area contributed by atoms with Gasteiger partial charge < -0.3 is 8.85 Å². The van der Waals surface area contributed by atoms with Crippen LogP contribution in [0.15, 0.2) is 18.2 Å². The number of hydrogen-bond donors (Lipinski definition) is 1. The zero-order valence-electron chi connectivity index (χ0n) is 22.8. The first kappa shape index (κ1) is 28.4. The minimum atomic E-state index is -3.17. The van der Waals surface area contributed by atoms with Crippen molar-refractivity contribution >= 4 is 26.7 Å². The highest BCUT2D eigenvalue weighted by molar-refractivity contribution is 7.88. The van der Waals surface area contributed by atoms with Gasteiger partial charge in [0.2, 0.25) is 26.7 Å². The molecular formula is C25H47NO4SSi2. The van der Waals surface area contributed by atoms with Crippen molar-refractivity contribution in [1.29, 1.82) is 0 Å². The van der Waals surface area contributed by atoms with E-state index in [4.69, 9.17) is 8.85 Å². The van der Waals surface area contributed by atoms with E-state index >= 15 is 0 Å². The van der Waals surface area contributed by atoms with E-state index in [0.29, 0.717) is 5.92 Å². The quantitative estimate of drug-likeness (QED) is 0.397. The molecule has 1 aromatic carbocycles. The Morgan fingerprint density at radius 3 is 1.79 bits per heavy atom. The van der Waals surface area contributed by atoms with Gasteiger partial charge in [0, 0.05) is 12.1 Å². The number of benzene rings is 1. The van der Waals surface area contributed by atoms with Crippen LogP contribution in [0.25, 0.3) is 0 Å². The summed E-state index contributed by atoms with van der Waals surface area (Å²) < 4.78 is 39.5. The van der Waals surface area contributed by atoms with Crippen molar-refractivity contribution in [3.63, 3.8) is 0 Å². The fourth-order valence-electron chi connectivity index (χ4n) is 3.70. The number of sulfonamides is 1. The van der Waals surface area contributed by atoms with Gasteiger partial charge in [-0.1, -0.05) is 47.6 Å². The molecule has 5 nitrogen and oxygen atoms in total. The van der Waals surface area contributed by atoms with E-state index in [9.17, 15) is 8.42 Å². The fraction of sp³-hybridized carbons (Fsp3) is 0.760. The van der Waals surface area contributed by atoms with E-state index in [1.807, 2.05) is 0 Å². The third-order valence-corrected chi connectivity index (χ3v) is 17.3. The summed E-state index contributed by atoms with van der Waals surface area (Å²) in [5.74, 6) is 2.22. The summed E-state index contributed by atoms with van der Waals surface area (Å²) in [6.45, 7) is 22.6. The Kier molecular flexibility index (Phi) is 8.32. The molecule has 0 radical (unpaired) electrons. The van der Waals surface area contributed by atoms with E-state index in [0.717, 1.165) is 37.2 Å². The Balaban J connectivity index is 2.36. The van der Waals surface area contributed by atoms with Gasteiger partial charge in [0.25, 0.3) is 0 Å². The van der Waals surface area contributed by atoms with Crippen LogP contribution in [0.1, 0.15) is 78.7 Å². The van der Waals surface area contributed by atoms with Crippen LogP contribution in [-0.4, -0.2) is 37.4 Å². The average Bonchev–Trinajstić information content (AvgIpc) is 2.59. The largest absolute Gasteiger partial charge is 0.543 e. The van der Waals surface area contributed by atoms with Gasteiger partial charge in [0.1, 0.15) is 11.5 Å². The first-order valence-electron chi connectivity index (χ1n) is 12.2. The second kappa shape index (κ2) is 9.67. The van der Waals surface area contributed by atoms with Gasteiger partial charge in [0.05, 0.1) is 6.26 Å². The summed E-state index contributed by atoms with van der Waals surface area (Å²) in [4.78, 5) is 0. The van der Waals surface area contributed by atoms with Gasteiger partial charge in [-0.15, -0.1) is 0 Å². The molecule has 1 aliphatic rings. The molecule has 1 saturated carbocycles. The van der Waals surface area contributed by atoms with Gasteiger partial charge >= 0.3 is 0 Å². The van der Waals surface area contributed by atoms with Crippen molar-refractivity contribution in [1.82, 2.24) is 4.72 Å². The number of nitrogens with one attached hydrogen (secondary N) is 1. The van der Waals surface area contributed by atoms with Crippen LogP contribution in [-0.2, 0) is 10.0 Å². The van der Waals surface area contributed by atoms with Crippen LogP contribution in [0.4, 0.5) is 0 Å². The summed E-state index contributed by atoms with van der Waals surface area (Å²) >= 11 is 0. The molecule has 0 bridgehead atoms. The van der Waals surface area contributed by atoms with Crippen molar-refractivity contribution in [3.05, 3.63) is 23.8 Å². The predicted octanol–water partition coefficient (Wildman–Crippen LogP) is 7.03. The maximum Gasteiger partial charge on any atom is 0.250 e. The molecule has 0 atom stereocenters. The summed E-state index contributed by atoms with van der Waals surface area (Å²) in [7, 11) is -7.17.